The molecule has 0 bridgehead atoms. The van der Waals surface area contributed by atoms with Gasteiger partial charge in [0.2, 0.25) is 0 Å². The number of hydrogen-bond acceptors (Lipinski definition) is 1. The van der Waals surface area contributed by atoms with Gasteiger partial charge in [-0.2, -0.15) is 11.3 Å². The Hall–Kier alpha value is -0.600. The van der Waals surface area contributed by atoms with E-state index in [1.165, 1.54) is 43.2 Å². The second-order valence-electron chi connectivity index (χ2n) is 5.87. The Balaban J connectivity index is 1.61. The van der Waals surface area contributed by atoms with Crippen molar-refractivity contribution in [2.75, 3.05) is 0 Å². The summed E-state index contributed by atoms with van der Waals surface area (Å²) in [7, 11) is 0. The van der Waals surface area contributed by atoms with Crippen LogP contribution in [0.5, 0.6) is 0 Å². The van der Waals surface area contributed by atoms with Crippen LogP contribution in [0.15, 0.2) is 47.2 Å². The summed E-state index contributed by atoms with van der Waals surface area (Å²) in [6, 6.07) is 13.3. The Labute approximate surface area is 134 Å². The van der Waals surface area contributed by atoms with Gasteiger partial charge in [-0.05, 0) is 71.9 Å². The van der Waals surface area contributed by atoms with E-state index in [1.807, 2.05) is 11.3 Å². The predicted octanol–water partition coefficient (Wildman–Crippen LogP) is 6.03. The van der Waals surface area contributed by atoms with Gasteiger partial charge in [-0.25, -0.2) is 0 Å². The Morgan fingerprint density at radius 1 is 1.10 bits per heavy atom. The number of hydrogen-bond donors (Lipinski definition) is 0. The summed E-state index contributed by atoms with van der Waals surface area (Å²) in [5.41, 5.74) is 3.05. The number of halogens is 1. The maximum atomic E-state index is 3.92. The fourth-order valence-corrected chi connectivity index (χ4v) is 4.79. The van der Waals surface area contributed by atoms with Crippen molar-refractivity contribution in [1.29, 1.82) is 0 Å². The highest BCUT2D eigenvalue weighted by molar-refractivity contribution is 9.09. The van der Waals surface area contributed by atoms with Gasteiger partial charge in [-0.1, -0.05) is 46.3 Å². The molecule has 1 aliphatic rings. The second-order valence-corrected chi connectivity index (χ2v) is 7.82. The minimum atomic E-state index is 0.709. The molecule has 3 unspecified atom stereocenters. The number of alkyl halides is 1. The first-order chi connectivity index (χ1) is 9.83. The number of thiophene rings is 1. The molecule has 0 spiro atoms. The molecule has 1 aromatic carbocycles. The molecule has 1 aliphatic carbocycles. The SMILES string of the molecule is BrC1CCC(c2ccccc2)CC1CCc1ccsc1. The third-order valence-corrected chi connectivity index (χ3v) is 6.48. The zero-order valence-electron chi connectivity index (χ0n) is 11.7. The minimum absolute atomic E-state index is 0.709. The van der Waals surface area contributed by atoms with Crippen molar-refractivity contribution in [3.8, 4) is 0 Å². The van der Waals surface area contributed by atoms with Gasteiger partial charge in [0.05, 0.1) is 0 Å². The van der Waals surface area contributed by atoms with Crippen LogP contribution in [-0.4, -0.2) is 4.83 Å². The van der Waals surface area contributed by atoms with Gasteiger partial charge in [0.25, 0.3) is 0 Å². The van der Waals surface area contributed by atoms with E-state index in [0.29, 0.717) is 4.83 Å². The van der Waals surface area contributed by atoms with Crippen molar-refractivity contribution in [2.45, 2.75) is 42.8 Å². The minimum Gasteiger partial charge on any atom is -0.152 e. The van der Waals surface area contributed by atoms with Gasteiger partial charge in [0.15, 0.2) is 0 Å². The van der Waals surface area contributed by atoms with Gasteiger partial charge >= 0.3 is 0 Å². The van der Waals surface area contributed by atoms with E-state index < -0.39 is 0 Å². The lowest BCUT2D eigenvalue weighted by molar-refractivity contribution is 0.320. The molecule has 106 valence electrons. The van der Waals surface area contributed by atoms with Crippen LogP contribution in [0.3, 0.4) is 0 Å². The van der Waals surface area contributed by atoms with E-state index in [4.69, 9.17) is 0 Å². The molecular weight excluding hydrogens is 328 g/mol. The standard InChI is InChI=1S/C18H21BrS/c19-18-9-8-16(15-4-2-1-3-5-15)12-17(18)7-6-14-10-11-20-13-14/h1-5,10-11,13,16-18H,6-9,12H2. The third-order valence-electron chi connectivity index (χ3n) is 4.54. The molecule has 3 rings (SSSR count). The summed E-state index contributed by atoms with van der Waals surface area (Å²) in [6.45, 7) is 0. The monoisotopic (exact) mass is 348 g/mol. The van der Waals surface area contributed by atoms with Crippen molar-refractivity contribution in [2.24, 2.45) is 5.92 Å². The molecule has 1 heterocycles. The normalized spacial score (nSPS) is 26.6. The summed E-state index contributed by atoms with van der Waals surface area (Å²) >= 11 is 5.73. The average molecular weight is 349 g/mol. The van der Waals surface area contributed by atoms with E-state index >= 15 is 0 Å². The highest BCUT2D eigenvalue weighted by atomic mass is 79.9. The lowest BCUT2D eigenvalue weighted by Crippen LogP contribution is -2.24. The molecule has 1 saturated carbocycles. The van der Waals surface area contributed by atoms with Crippen LogP contribution in [0.1, 0.15) is 42.7 Å². The Bertz CT molecular complexity index is 505. The van der Waals surface area contributed by atoms with Crippen LogP contribution in [0.25, 0.3) is 0 Å². The topological polar surface area (TPSA) is 0 Å². The summed E-state index contributed by atoms with van der Waals surface area (Å²) in [5, 5.41) is 4.48. The third kappa shape index (κ3) is 3.53. The van der Waals surface area contributed by atoms with Crippen LogP contribution in [0, 0.1) is 5.92 Å². The van der Waals surface area contributed by atoms with Gasteiger partial charge in [0.1, 0.15) is 0 Å². The van der Waals surface area contributed by atoms with E-state index in [-0.39, 0.29) is 0 Å². The highest BCUT2D eigenvalue weighted by Crippen LogP contribution is 2.41. The molecule has 1 aromatic heterocycles. The Kier molecular flexibility index (Phi) is 4.95. The van der Waals surface area contributed by atoms with Gasteiger partial charge in [-0.15, -0.1) is 0 Å². The van der Waals surface area contributed by atoms with E-state index in [1.54, 1.807) is 0 Å². The smallest absolute Gasteiger partial charge is 0.0174 e. The molecule has 0 radical (unpaired) electrons. The number of aryl methyl sites for hydroxylation is 1. The summed E-state index contributed by atoms with van der Waals surface area (Å²) < 4.78 is 0. The molecule has 0 saturated heterocycles. The van der Waals surface area contributed by atoms with Gasteiger partial charge < -0.3 is 0 Å². The summed E-state index contributed by atoms with van der Waals surface area (Å²) in [5.74, 6) is 1.58. The fraction of sp³-hybridized carbons (Fsp3) is 0.444. The largest absolute Gasteiger partial charge is 0.152 e. The zero-order valence-corrected chi connectivity index (χ0v) is 14.1. The summed E-state index contributed by atoms with van der Waals surface area (Å²) in [4.78, 5) is 0.709. The van der Waals surface area contributed by atoms with Crippen LogP contribution < -0.4 is 0 Å². The maximum absolute atomic E-state index is 3.92. The van der Waals surface area contributed by atoms with Crippen LogP contribution in [0.2, 0.25) is 0 Å². The highest BCUT2D eigenvalue weighted by Gasteiger charge is 2.29. The quantitative estimate of drug-likeness (QED) is 0.591. The van der Waals surface area contributed by atoms with Crippen LogP contribution >= 0.6 is 27.3 Å². The first-order valence-corrected chi connectivity index (χ1v) is 9.39. The fourth-order valence-electron chi connectivity index (χ4n) is 3.34. The number of rotatable bonds is 4. The Morgan fingerprint density at radius 3 is 2.70 bits per heavy atom. The zero-order chi connectivity index (χ0) is 13.8. The average Bonchev–Trinajstić information content (AvgIpc) is 3.01. The van der Waals surface area contributed by atoms with Crippen molar-refractivity contribution in [1.82, 2.24) is 0 Å². The van der Waals surface area contributed by atoms with E-state index in [2.05, 4.69) is 63.1 Å². The van der Waals surface area contributed by atoms with Crippen molar-refractivity contribution in [3.63, 3.8) is 0 Å². The molecule has 0 aliphatic heterocycles. The molecule has 20 heavy (non-hydrogen) atoms. The molecule has 2 heteroatoms. The molecule has 3 atom stereocenters. The molecule has 0 nitrogen and oxygen atoms in total. The second kappa shape index (κ2) is 6.91. The van der Waals surface area contributed by atoms with Gasteiger partial charge in [0, 0.05) is 4.83 Å². The summed E-state index contributed by atoms with van der Waals surface area (Å²) in [6.07, 6.45) is 6.53. The molecule has 0 N–H and O–H groups in total. The first-order valence-electron chi connectivity index (χ1n) is 7.53. The maximum Gasteiger partial charge on any atom is 0.0174 e. The lowest BCUT2D eigenvalue weighted by atomic mass is 9.76. The predicted molar refractivity (Wildman–Crippen MR) is 91.9 cm³/mol. The first kappa shape index (κ1) is 14.3. The van der Waals surface area contributed by atoms with Crippen molar-refractivity contribution < 1.29 is 0 Å². The van der Waals surface area contributed by atoms with Crippen molar-refractivity contribution >= 4 is 27.3 Å². The molecule has 0 amide bonds. The Morgan fingerprint density at radius 2 is 1.95 bits per heavy atom. The van der Waals surface area contributed by atoms with E-state index in [9.17, 15) is 0 Å². The molecule has 1 fully saturated rings. The lowest BCUT2D eigenvalue weighted by Gasteiger charge is -2.33. The molecular formula is C18H21BrS. The molecule has 2 aromatic rings. The number of benzene rings is 1. The van der Waals surface area contributed by atoms with Gasteiger partial charge in [-0.3, -0.25) is 0 Å². The van der Waals surface area contributed by atoms with Crippen LogP contribution in [-0.2, 0) is 6.42 Å². The van der Waals surface area contributed by atoms with E-state index in [0.717, 1.165) is 11.8 Å². The van der Waals surface area contributed by atoms with Crippen molar-refractivity contribution in [3.05, 3.63) is 58.3 Å². The van der Waals surface area contributed by atoms with Crippen LogP contribution in [0.4, 0.5) is 0 Å².